The molecule has 3 N–H and O–H groups in total. The van der Waals surface area contributed by atoms with Gasteiger partial charge in [-0.25, -0.2) is 4.79 Å². The maximum absolute atomic E-state index is 13.2. The van der Waals surface area contributed by atoms with Crippen molar-refractivity contribution in [2.24, 2.45) is 17.8 Å². The molecule has 1 aliphatic heterocycles. The van der Waals surface area contributed by atoms with Crippen LogP contribution in [0.1, 0.15) is 98.1 Å². The zero-order valence-corrected chi connectivity index (χ0v) is 30.5. The predicted molar refractivity (Wildman–Crippen MR) is 204 cm³/mol. The molecule has 5 fully saturated rings. The van der Waals surface area contributed by atoms with Crippen LogP contribution in [0.5, 0.6) is 0 Å². The van der Waals surface area contributed by atoms with Gasteiger partial charge in [0.25, 0.3) is 0 Å². The van der Waals surface area contributed by atoms with Gasteiger partial charge in [0.15, 0.2) is 6.29 Å². The molecular weight excluding hydrogens is 647 g/mol. The zero-order valence-electron chi connectivity index (χ0n) is 30.5. The van der Waals surface area contributed by atoms with Crippen LogP contribution in [-0.4, -0.2) is 41.3 Å². The normalized spacial score (nSPS) is 28.5. The van der Waals surface area contributed by atoms with Gasteiger partial charge in [0.05, 0.1) is 18.8 Å². The Morgan fingerprint density at radius 3 is 2.15 bits per heavy atom. The van der Waals surface area contributed by atoms with Crippen molar-refractivity contribution >= 4 is 6.03 Å². The molecule has 1 saturated heterocycles. The maximum atomic E-state index is 13.2. The van der Waals surface area contributed by atoms with E-state index in [-0.39, 0.29) is 36.4 Å². The van der Waals surface area contributed by atoms with Crippen LogP contribution >= 0.6 is 0 Å². The van der Waals surface area contributed by atoms with Crippen molar-refractivity contribution in [2.45, 2.75) is 95.1 Å². The third-order valence-electron chi connectivity index (χ3n) is 12.3. The van der Waals surface area contributed by atoms with E-state index in [0.29, 0.717) is 6.54 Å². The average Bonchev–Trinajstić information content (AvgIpc) is 3.16. The van der Waals surface area contributed by atoms with Crippen LogP contribution in [0.3, 0.4) is 0 Å². The third kappa shape index (κ3) is 7.84. The van der Waals surface area contributed by atoms with E-state index in [4.69, 9.17) is 9.47 Å². The van der Waals surface area contributed by atoms with E-state index < -0.39 is 6.29 Å². The molecule has 4 bridgehead atoms. The second-order valence-electron chi connectivity index (χ2n) is 16.2. The summed E-state index contributed by atoms with van der Waals surface area (Å²) in [6.45, 7) is 3.49. The van der Waals surface area contributed by atoms with E-state index in [1.807, 2.05) is 12.1 Å². The molecule has 9 rings (SSSR count). The van der Waals surface area contributed by atoms with Crippen molar-refractivity contribution < 1.29 is 19.4 Å². The van der Waals surface area contributed by atoms with Crippen molar-refractivity contribution in [3.8, 4) is 11.1 Å². The van der Waals surface area contributed by atoms with Gasteiger partial charge in [0, 0.05) is 36.7 Å². The minimum absolute atomic E-state index is 0.000829. The smallest absolute Gasteiger partial charge is 0.315 e. The van der Waals surface area contributed by atoms with Gasteiger partial charge in [-0.1, -0.05) is 91.0 Å². The van der Waals surface area contributed by atoms with Crippen molar-refractivity contribution in [3.05, 3.63) is 131 Å². The molecule has 1 heterocycles. The van der Waals surface area contributed by atoms with Crippen LogP contribution in [0.2, 0.25) is 0 Å². The number of aliphatic hydroxyl groups excluding tert-OH is 1. The first kappa shape index (κ1) is 35.0. The number of ether oxygens (including phenoxy) is 2. The Morgan fingerprint density at radius 2 is 1.46 bits per heavy atom. The highest BCUT2D eigenvalue weighted by atomic mass is 16.7. The highest BCUT2D eigenvalue weighted by molar-refractivity contribution is 5.75. The summed E-state index contributed by atoms with van der Waals surface area (Å²) in [5.41, 5.74) is 7.44. The van der Waals surface area contributed by atoms with Gasteiger partial charge in [0.1, 0.15) is 0 Å². The topological polar surface area (TPSA) is 83.1 Å². The number of carbonyl (C=O) groups excluding carboxylic acids is 1. The van der Waals surface area contributed by atoms with Crippen LogP contribution in [0.4, 0.5) is 4.79 Å². The number of amides is 2. The SMILES string of the molecule is CC(c1ccccc1)N(C)CC1CC(c2ccc(CO)cc2)OC(c2cccc(-c3cccc(CNC(=O)NC45CC6CC(CC(C6)C4)C5)c3)c2)O1. The molecule has 4 aliphatic carbocycles. The molecule has 0 radical (unpaired) electrons. The van der Waals surface area contributed by atoms with E-state index in [1.54, 1.807) is 0 Å². The van der Waals surface area contributed by atoms with Crippen LogP contribution in [0, 0.1) is 17.8 Å². The number of rotatable bonds is 11. The molecule has 52 heavy (non-hydrogen) atoms. The molecule has 4 atom stereocenters. The Morgan fingerprint density at radius 1 is 0.788 bits per heavy atom. The van der Waals surface area contributed by atoms with Gasteiger partial charge in [-0.2, -0.15) is 0 Å². The minimum Gasteiger partial charge on any atom is -0.392 e. The van der Waals surface area contributed by atoms with Crippen LogP contribution < -0.4 is 10.6 Å². The fourth-order valence-corrected chi connectivity index (χ4v) is 9.96. The molecule has 2 amide bonds. The van der Waals surface area contributed by atoms with Gasteiger partial charge in [-0.15, -0.1) is 0 Å². The lowest BCUT2D eigenvalue weighted by Crippen LogP contribution is -2.61. The molecule has 4 aromatic carbocycles. The number of urea groups is 1. The Labute approximate surface area is 308 Å². The molecule has 7 heteroatoms. The number of nitrogens with zero attached hydrogens (tertiary/aromatic N) is 1. The van der Waals surface area contributed by atoms with Crippen LogP contribution in [0.15, 0.2) is 103 Å². The van der Waals surface area contributed by atoms with Gasteiger partial charge in [0.2, 0.25) is 0 Å². The van der Waals surface area contributed by atoms with Crippen molar-refractivity contribution in [1.82, 2.24) is 15.5 Å². The predicted octanol–water partition coefficient (Wildman–Crippen LogP) is 8.85. The first-order valence-electron chi connectivity index (χ1n) is 19.3. The molecule has 4 aromatic rings. The molecule has 7 nitrogen and oxygen atoms in total. The number of hydrogen-bond acceptors (Lipinski definition) is 5. The van der Waals surface area contributed by atoms with E-state index in [1.165, 1.54) is 24.8 Å². The summed E-state index contributed by atoms with van der Waals surface area (Å²) >= 11 is 0. The number of likely N-dealkylation sites (N-methyl/N-ethyl adjacent to an activating group) is 1. The first-order valence-corrected chi connectivity index (χ1v) is 19.3. The third-order valence-corrected chi connectivity index (χ3v) is 12.3. The lowest BCUT2D eigenvalue weighted by Gasteiger charge is -2.56. The van der Waals surface area contributed by atoms with Gasteiger partial charge < -0.3 is 25.2 Å². The monoisotopic (exact) mass is 699 g/mol. The van der Waals surface area contributed by atoms with Crippen LogP contribution in [-0.2, 0) is 22.6 Å². The lowest BCUT2D eigenvalue weighted by atomic mass is 9.53. The van der Waals surface area contributed by atoms with Crippen molar-refractivity contribution in [3.63, 3.8) is 0 Å². The molecule has 0 spiro atoms. The average molecular weight is 700 g/mol. The van der Waals surface area contributed by atoms with E-state index in [0.717, 1.165) is 83.4 Å². The van der Waals surface area contributed by atoms with Crippen molar-refractivity contribution in [1.29, 1.82) is 0 Å². The zero-order chi connectivity index (χ0) is 35.7. The molecule has 272 valence electrons. The molecule has 5 aliphatic rings. The summed E-state index contributed by atoms with van der Waals surface area (Å²) in [6.07, 6.45) is 7.50. The fourth-order valence-electron chi connectivity index (χ4n) is 9.96. The van der Waals surface area contributed by atoms with Gasteiger partial charge in [-0.05, 0) is 116 Å². The minimum atomic E-state index is -0.542. The highest BCUT2D eigenvalue weighted by Gasteiger charge is 2.51. The van der Waals surface area contributed by atoms with Gasteiger partial charge >= 0.3 is 6.03 Å². The summed E-state index contributed by atoms with van der Waals surface area (Å²) < 4.78 is 13.5. The number of carbonyl (C=O) groups is 1. The largest absolute Gasteiger partial charge is 0.392 e. The molecular formula is C45H53N3O4. The van der Waals surface area contributed by atoms with E-state index in [9.17, 15) is 9.90 Å². The molecule has 0 aromatic heterocycles. The number of aliphatic hydroxyl groups is 1. The summed E-state index contributed by atoms with van der Waals surface area (Å²) in [4.78, 5) is 15.5. The maximum Gasteiger partial charge on any atom is 0.315 e. The summed E-state index contributed by atoms with van der Waals surface area (Å²) in [5, 5.41) is 16.2. The first-order chi connectivity index (χ1) is 25.3. The second kappa shape index (κ2) is 15.2. The van der Waals surface area contributed by atoms with E-state index >= 15 is 0 Å². The Kier molecular flexibility index (Phi) is 10.2. The van der Waals surface area contributed by atoms with E-state index in [2.05, 4.69) is 121 Å². The lowest BCUT2D eigenvalue weighted by molar-refractivity contribution is -0.253. The Hall–Kier alpha value is -4.01. The summed E-state index contributed by atoms with van der Waals surface area (Å²) in [5.74, 6) is 2.38. The summed E-state index contributed by atoms with van der Waals surface area (Å²) in [6, 6.07) is 35.7. The number of hydrogen-bond donors (Lipinski definition) is 3. The Balaban J connectivity index is 0.959. The highest BCUT2D eigenvalue weighted by Crippen LogP contribution is 2.55. The second-order valence-corrected chi connectivity index (χ2v) is 16.2. The number of benzene rings is 4. The van der Waals surface area contributed by atoms with Gasteiger partial charge in [-0.3, -0.25) is 4.90 Å². The Bertz CT molecular complexity index is 1790. The molecule has 4 saturated carbocycles. The standard InChI is InChI=1S/C45H53N3O4/c1-30(36-9-4-3-5-10-36)48(2)28-41-23-42(37-16-14-31(29-49)15-17-37)52-43(51-41)40-13-7-12-39(22-40)38-11-6-8-32(21-38)27-46-44(50)47-45-24-33-18-34(25-45)20-35(19-33)26-45/h3-17,21-22,30,33-35,41-43,49H,18-20,23-29H2,1-2H3,(H2,46,47,50). The summed E-state index contributed by atoms with van der Waals surface area (Å²) in [7, 11) is 2.16. The quantitative estimate of drug-likeness (QED) is 0.146. The number of nitrogens with one attached hydrogen (secondary N) is 2. The fraction of sp³-hybridized carbons (Fsp3) is 0.444. The van der Waals surface area contributed by atoms with Crippen LogP contribution in [0.25, 0.3) is 11.1 Å². The molecule has 4 unspecified atom stereocenters. The van der Waals surface area contributed by atoms with Crippen molar-refractivity contribution in [2.75, 3.05) is 13.6 Å².